The fourth-order valence-electron chi connectivity index (χ4n) is 1.56. The molecule has 2 aromatic rings. The minimum atomic E-state index is -4.65. The van der Waals surface area contributed by atoms with Crippen molar-refractivity contribution in [3.05, 3.63) is 47.7 Å². The molecule has 0 amide bonds. The van der Waals surface area contributed by atoms with Crippen molar-refractivity contribution in [2.75, 3.05) is 0 Å². The van der Waals surface area contributed by atoms with Gasteiger partial charge < -0.3 is 9.52 Å². The van der Waals surface area contributed by atoms with Gasteiger partial charge in [0, 0.05) is 5.56 Å². The number of aromatic carboxylic acids is 1. The highest BCUT2D eigenvalue weighted by atomic mass is 19.4. The van der Waals surface area contributed by atoms with E-state index in [1.54, 1.807) is 0 Å². The molecule has 1 aromatic carbocycles. The molecule has 0 spiro atoms. The summed E-state index contributed by atoms with van der Waals surface area (Å²) in [6, 6.07) is 5.63. The normalized spacial score (nSPS) is 11.5. The van der Waals surface area contributed by atoms with Crippen LogP contribution in [0.15, 0.2) is 41.0 Å². The summed E-state index contributed by atoms with van der Waals surface area (Å²) in [5.74, 6) is -1.37. The molecule has 1 heterocycles. The predicted octanol–water partition coefficient (Wildman–Crippen LogP) is 3.66. The molecule has 0 atom stereocenters. The number of carbonyl (C=O) groups is 1. The monoisotopic (exact) mass is 256 g/mol. The zero-order chi connectivity index (χ0) is 13.3. The van der Waals surface area contributed by atoms with E-state index in [1.165, 1.54) is 18.4 Å². The van der Waals surface area contributed by atoms with Crippen molar-refractivity contribution in [1.29, 1.82) is 0 Å². The van der Waals surface area contributed by atoms with E-state index in [9.17, 15) is 18.0 Å². The summed E-state index contributed by atoms with van der Waals surface area (Å²) in [5.41, 5.74) is -1.63. The van der Waals surface area contributed by atoms with Gasteiger partial charge in [-0.2, -0.15) is 13.2 Å². The van der Waals surface area contributed by atoms with Gasteiger partial charge in [-0.1, -0.05) is 0 Å². The van der Waals surface area contributed by atoms with Gasteiger partial charge in [0.05, 0.1) is 17.4 Å². The van der Waals surface area contributed by atoms with E-state index in [0.29, 0.717) is 6.07 Å². The first-order valence-electron chi connectivity index (χ1n) is 4.88. The Morgan fingerprint density at radius 1 is 1.22 bits per heavy atom. The number of benzene rings is 1. The molecule has 0 fully saturated rings. The van der Waals surface area contributed by atoms with E-state index in [1.807, 2.05) is 0 Å². The zero-order valence-corrected chi connectivity index (χ0v) is 8.86. The van der Waals surface area contributed by atoms with Crippen molar-refractivity contribution in [2.24, 2.45) is 0 Å². The Morgan fingerprint density at radius 3 is 2.44 bits per heavy atom. The minimum absolute atomic E-state index is 0.0410. The number of rotatable bonds is 2. The highest BCUT2D eigenvalue weighted by molar-refractivity contribution is 5.89. The van der Waals surface area contributed by atoms with Crippen molar-refractivity contribution < 1.29 is 27.5 Å². The number of carboxylic acid groups (broad SMARTS) is 1. The summed E-state index contributed by atoms with van der Waals surface area (Å²) in [4.78, 5) is 10.7. The second kappa shape index (κ2) is 4.21. The van der Waals surface area contributed by atoms with Gasteiger partial charge in [-0.25, -0.2) is 4.79 Å². The van der Waals surface area contributed by atoms with Crippen LogP contribution in [0.1, 0.15) is 15.9 Å². The van der Waals surface area contributed by atoms with Crippen LogP contribution in [0.3, 0.4) is 0 Å². The highest BCUT2D eigenvalue weighted by Crippen LogP contribution is 2.37. The van der Waals surface area contributed by atoms with E-state index in [4.69, 9.17) is 9.52 Å². The summed E-state index contributed by atoms with van der Waals surface area (Å²) >= 11 is 0. The molecular formula is C12H7F3O3. The fourth-order valence-corrected chi connectivity index (χ4v) is 1.56. The van der Waals surface area contributed by atoms with Crippen molar-refractivity contribution in [3.63, 3.8) is 0 Å². The van der Waals surface area contributed by atoms with Gasteiger partial charge in [0.15, 0.2) is 0 Å². The molecule has 0 aliphatic rings. The maximum absolute atomic E-state index is 12.8. The van der Waals surface area contributed by atoms with Crippen LogP contribution < -0.4 is 0 Å². The molecule has 0 bridgehead atoms. The molecule has 1 aromatic heterocycles. The third kappa shape index (κ3) is 2.22. The first-order chi connectivity index (χ1) is 8.39. The molecular weight excluding hydrogens is 249 g/mol. The lowest BCUT2D eigenvalue weighted by Crippen LogP contribution is -2.09. The molecule has 94 valence electrons. The van der Waals surface area contributed by atoms with Crippen LogP contribution in [0.2, 0.25) is 0 Å². The first-order valence-corrected chi connectivity index (χ1v) is 4.88. The average molecular weight is 256 g/mol. The average Bonchev–Trinajstić information content (AvgIpc) is 2.80. The van der Waals surface area contributed by atoms with Gasteiger partial charge >= 0.3 is 12.1 Å². The predicted molar refractivity (Wildman–Crippen MR) is 56.1 cm³/mol. The van der Waals surface area contributed by atoms with Crippen molar-refractivity contribution in [1.82, 2.24) is 0 Å². The molecule has 6 heteroatoms. The van der Waals surface area contributed by atoms with Gasteiger partial charge in [0.2, 0.25) is 0 Å². The van der Waals surface area contributed by atoms with Crippen LogP contribution in [0.25, 0.3) is 11.3 Å². The molecule has 2 rings (SSSR count). The number of carboxylic acids is 1. The van der Waals surface area contributed by atoms with E-state index in [0.717, 1.165) is 12.1 Å². The molecule has 0 saturated carbocycles. The van der Waals surface area contributed by atoms with Crippen LogP contribution in [0.4, 0.5) is 13.2 Å². The van der Waals surface area contributed by atoms with E-state index in [-0.39, 0.29) is 11.3 Å². The van der Waals surface area contributed by atoms with E-state index in [2.05, 4.69) is 0 Å². The molecule has 1 N–H and O–H groups in total. The summed E-state index contributed by atoms with van der Waals surface area (Å²) in [6.07, 6.45) is -3.39. The van der Waals surface area contributed by atoms with Crippen molar-refractivity contribution in [2.45, 2.75) is 6.18 Å². The summed E-state index contributed by atoms with van der Waals surface area (Å²) in [6.45, 7) is 0. The Hall–Kier alpha value is -2.24. The summed E-state index contributed by atoms with van der Waals surface area (Å²) in [5, 5.41) is 8.71. The lowest BCUT2D eigenvalue weighted by Gasteiger charge is -2.12. The molecule has 0 radical (unpaired) electrons. The Bertz CT molecular complexity index is 571. The maximum Gasteiger partial charge on any atom is 0.417 e. The first kappa shape index (κ1) is 12.2. The van der Waals surface area contributed by atoms with Gasteiger partial charge in [0.25, 0.3) is 0 Å². The summed E-state index contributed by atoms with van der Waals surface area (Å²) in [7, 11) is 0. The van der Waals surface area contributed by atoms with E-state index < -0.39 is 23.3 Å². The molecule has 3 nitrogen and oxygen atoms in total. The Labute approximate surface area is 99.5 Å². The lowest BCUT2D eigenvalue weighted by atomic mass is 10.0. The second-order valence-corrected chi connectivity index (χ2v) is 3.54. The second-order valence-electron chi connectivity index (χ2n) is 3.54. The van der Waals surface area contributed by atoms with Gasteiger partial charge in [-0.05, 0) is 30.3 Å². The smallest absolute Gasteiger partial charge is 0.417 e. The topological polar surface area (TPSA) is 50.4 Å². The Kier molecular flexibility index (Phi) is 2.86. The summed E-state index contributed by atoms with van der Waals surface area (Å²) < 4.78 is 43.5. The number of halogens is 3. The van der Waals surface area contributed by atoms with Crippen LogP contribution in [0, 0.1) is 0 Å². The number of hydrogen-bond acceptors (Lipinski definition) is 2. The van der Waals surface area contributed by atoms with Gasteiger partial charge in [-0.15, -0.1) is 0 Å². The third-order valence-corrected chi connectivity index (χ3v) is 2.36. The molecule has 18 heavy (non-hydrogen) atoms. The third-order valence-electron chi connectivity index (χ3n) is 2.36. The molecule has 0 saturated heterocycles. The molecule has 0 aliphatic carbocycles. The van der Waals surface area contributed by atoms with Crippen LogP contribution >= 0.6 is 0 Å². The quantitative estimate of drug-likeness (QED) is 0.891. The SMILES string of the molecule is O=C(O)c1ccc(-c2ccco2)c(C(F)(F)F)c1. The highest BCUT2D eigenvalue weighted by Gasteiger charge is 2.35. The molecule has 0 unspecified atom stereocenters. The van der Waals surface area contributed by atoms with Crippen LogP contribution in [0.5, 0.6) is 0 Å². The Balaban J connectivity index is 2.64. The van der Waals surface area contributed by atoms with Crippen molar-refractivity contribution in [3.8, 4) is 11.3 Å². The maximum atomic E-state index is 12.8. The molecule has 0 aliphatic heterocycles. The minimum Gasteiger partial charge on any atom is -0.478 e. The van der Waals surface area contributed by atoms with Crippen LogP contribution in [-0.2, 0) is 6.18 Å². The fraction of sp³-hybridized carbons (Fsp3) is 0.0833. The number of hydrogen-bond donors (Lipinski definition) is 1. The van der Waals surface area contributed by atoms with Gasteiger partial charge in [0.1, 0.15) is 5.76 Å². The van der Waals surface area contributed by atoms with E-state index >= 15 is 0 Å². The lowest BCUT2D eigenvalue weighted by molar-refractivity contribution is -0.137. The largest absolute Gasteiger partial charge is 0.478 e. The Morgan fingerprint density at radius 2 is 1.94 bits per heavy atom. The van der Waals surface area contributed by atoms with Gasteiger partial charge in [-0.3, -0.25) is 0 Å². The zero-order valence-electron chi connectivity index (χ0n) is 8.86. The standard InChI is InChI=1S/C12H7F3O3/c13-12(14,15)9-6-7(11(16)17)3-4-8(9)10-2-1-5-18-10/h1-6H,(H,16,17). The van der Waals surface area contributed by atoms with Crippen molar-refractivity contribution >= 4 is 5.97 Å². The van der Waals surface area contributed by atoms with Crippen LogP contribution in [-0.4, -0.2) is 11.1 Å². The number of alkyl halides is 3. The number of furan rings is 1.